The predicted octanol–water partition coefficient (Wildman–Crippen LogP) is 1.94. The van der Waals surface area contributed by atoms with Crippen LogP contribution in [0.4, 0.5) is 0 Å². The number of hydrogen-bond acceptors (Lipinski definition) is 4. The summed E-state index contributed by atoms with van der Waals surface area (Å²) in [6.07, 6.45) is 1.47. The van der Waals surface area contributed by atoms with Gasteiger partial charge in [0, 0.05) is 43.6 Å². The van der Waals surface area contributed by atoms with Crippen molar-refractivity contribution in [2.75, 3.05) is 19.6 Å². The molecule has 0 N–H and O–H groups in total. The van der Waals surface area contributed by atoms with Crippen LogP contribution >= 0.6 is 0 Å². The van der Waals surface area contributed by atoms with Crippen molar-refractivity contribution in [2.24, 2.45) is 5.92 Å². The highest BCUT2D eigenvalue weighted by molar-refractivity contribution is 6.07. The number of piperidine rings is 1. The smallest absolute Gasteiger partial charge is 0.335 e. The molecule has 0 atom stereocenters. The minimum absolute atomic E-state index is 0.0272. The first-order chi connectivity index (χ1) is 8.85. The molecule has 1 fully saturated rings. The highest BCUT2D eigenvalue weighted by Gasteiger charge is 2.49. The first-order valence-corrected chi connectivity index (χ1v) is 7.04. The van der Waals surface area contributed by atoms with Gasteiger partial charge in [0.2, 0.25) is 0 Å². The molecule has 4 heteroatoms. The summed E-state index contributed by atoms with van der Waals surface area (Å²) in [7, 11) is 0. The Hall–Kier alpha value is -1.16. The van der Waals surface area contributed by atoms with Crippen LogP contribution in [0.25, 0.3) is 0 Å². The second-order valence-electron chi connectivity index (χ2n) is 6.13. The van der Waals surface area contributed by atoms with Crippen molar-refractivity contribution in [3.63, 3.8) is 0 Å². The topological polar surface area (TPSA) is 46.6 Å². The number of Topliss-reactive ketones (excluding diaryl/α,β-unsaturated/α-hetero) is 1. The average Bonchev–Trinajstić information content (AvgIpc) is 2.54. The molecule has 0 bridgehead atoms. The van der Waals surface area contributed by atoms with Crippen molar-refractivity contribution in [1.82, 2.24) is 4.90 Å². The summed E-state index contributed by atoms with van der Waals surface area (Å²) in [6.45, 7) is 10.5. The summed E-state index contributed by atoms with van der Waals surface area (Å²) in [4.78, 5) is 26.0. The zero-order valence-electron chi connectivity index (χ0n) is 12.3. The fourth-order valence-electron chi connectivity index (χ4n) is 3.30. The highest BCUT2D eigenvalue weighted by atomic mass is 16.6. The van der Waals surface area contributed by atoms with Crippen LogP contribution in [-0.2, 0) is 14.3 Å². The van der Waals surface area contributed by atoms with E-state index >= 15 is 0 Å². The fourth-order valence-corrected chi connectivity index (χ4v) is 3.30. The van der Waals surface area contributed by atoms with Gasteiger partial charge in [0.1, 0.15) is 5.60 Å². The molecule has 0 unspecified atom stereocenters. The number of carbonyl (C=O) groups excluding carboxylic acids is 2. The van der Waals surface area contributed by atoms with Crippen molar-refractivity contribution >= 4 is 11.8 Å². The van der Waals surface area contributed by atoms with Gasteiger partial charge in [0.25, 0.3) is 0 Å². The van der Waals surface area contributed by atoms with Crippen LogP contribution in [0.3, 0.4) is 0 Å². The molecule has 2 aliphatic heterocycles. The Morgan fingerprint density at radius 3 is 2.42 bits per heavy atom. The van der Waals surface area contributed by atoms with Crippen molar-refractivity contribution in [3.8, 4) is 0 Å². The number of likely N-dealkylation sites (tertiary alicyclic amines) is 1. The number of nitrogens with zero attached hydrogens (tertiary/aromatic N) is 1. The van der Waals surface area contributed by atoms with Gasteiger partial charge >= 0.3 is 5.97 Å². The molecule has 2 rings (SSSR count). The number of rotatable bonds is 3. The zero-order chi connectivity index (χ0) is 14.2. The molecule has 0 saturated carbocycles. The van der Waals surface area contributed by atoms with E-state index < -0.39 is 5.60 Å². The quantitative estimate of drug-likeness (QED) is 0.732. The molecule has 2 aliphatic rings. The van der Waals surface area contributed by atoms with Gasteiger partial charge in [-0.2, -0.15) is 0 Å². The lowest BCUT2D eigenvalue weighted by molar-refractivity contribution is -0.150. The Bertz CT molecular complexity index is 429. The van der Waals surface area contributed by atoms with Crippen LogP contribution < -0.4 is 0 Å². The maximum atomic E-state index is 11.8. The molecule has 4 nitrogen and oxygen atoms in total. The highest BCUT2D eigenvalue weighted by Crippen LogP contribution is 2.41. The van der Waals surface area contributed by atoms with E-state index in [-0.39, 0.29) is 11.8 Å². The monoisotopic (exact) mass is 265 g/mol. The number of carbonyl (C=O) groups is 2. The first-order valence-electron chi connectivity index (χ1n) is 7.04. The SMILES string of the molecule is CC(=O)C1=C(C)C(=O)OC12CCN(CC(C)C)CC2. The number of ether oxygens (including phenoxy) is 1. The molecule has 0 aromatic heterocycles. The van der Waals surface area contributed by atoms with Gasteiger partial charge in [-0.3, -0.25) is 4.79 Å². The minimum Gasteiger partial charge on any atom is -0.451 e. The summed E-state index contributed by atoms with van der Waals surface area (Å²) in [5.41, 5.74) is 0.479. The Kier molecular flexibility index (Phi) is 3.81. The normalized spacial score (nSPS) is 23.3. The lowest BCUT2D eigenvalue weighted by atomic mass is 9.81. The molecular weight excluding hydrogens is 242 g/mol. The largest absolute Gasteiger partial charge is 0.451 e. The summed E-state index contributed by atoms with van der Waals surface area (Å²) in [5.74, 6) is 0.285. The van der Waals surface area contributed by atoms with Gasteiger partial charge in [-0.1, -0.05) is 13.8 Å². The standard InChI is InChI=1S/C15H23NO3/c1-10(2)9-16-7-5-15(6-8-16)13(12(4)17)11(3)14(18)19-15/h10H,5-9H2,1-4H3. The van der Waals surface area contributed by atoms with Gasteiger partial charge < -0.3 is 9.64 Å². The third-order valence-electron chi connectivity index (χ3n) is 4.06. The molecule has 106 valence electrons. The summed E-state index contributed by atoms with van der Waals surface area (Å²) in [6, 6.07) is 0. The van der Waals surface area contributed by atoms with Gasteiger partial charge in [-0.25, -0.2) is 4.79 Å². The van der Waals surface area contributed by atoms with E-state index in [4.69, 9.17) is 4.74 Å². The molecule has 0 amide bonds. The van der Waals surface area contributed by atoms with Gasteiger partial charge in [0.05, 0.1) is 0 Å². The first kappa shape index (κ1) is 14.3. The lowest BCUT2D eigenvalue weighted by Gasteiger charge is -2.39. The summed E-state index contributed by atoms with van der Waals surface area (Å²) < 4.78 is 5.57. The van der Waals surface area contributed by atoms with E-state index in [1.54, 1.807) is 6.92 Å². The minimum atomic E-state index is -0.638. The van der Waals surface area contributed by atoms with Crippen LogP contribution in [0.2, 0.25) is 0 Å². The zero-order valence-corrected chi connectivity index (χ0v) is 12.3. The average molecular weight is 265 g/mol. The van der Waals surface area contributed by atoms with Crippen LogP contribution in [-0.4, -0.2) is 41.9 Å². The predicted molar refractivity (Wildman–Crippen MR) is 72.7 cm³/mol. The van der Waals surface area contributed by atoms with E-state index in [1.165, 1.54) is 6.92 Å². The third-order valence-corrected chi connectivity index (χ3v) is 4.06. The lowest BCUT2D eigenvalue weighted by Crippen LogP contribution is -2.47. The van der Waals surface area contributed by atoms with E-state index in [2.05, 4.69) is 18.7 Å². The molecule has 0 aromatic rings. The maximum absolute atomic E-state index is 11.8. The second kappa shape index (κ2) is 5.08. The van der Waals surface area contributed by atoms with Crippen LogP contribution in [0, 0.1) is 5.92 Å². The van der Waals surface area contributed by atoms with E-state index in [9.17, 15) is 9.59 Å². The van der Waals surface area contributed by atoms with E-state index in [1.807, 2.05) is 0 Å². The molecule has 1 saturated heterocycles. The van der Waals surface area contributed by atoms with E-state index in [0.29, 0.717) is 17.1 Å². The maximum Gasteiger partial charge on any atom is 0.335 e. The van der Waals surface area contributed by atoms with Crippen LogP contribution in [0.1, 0.15) is 40.5 Å². The van der Waals surface area contributed by atoms with Crippen molar-refractivity contribution in [1.29, 1.82) is 0 Å². The summed E-state index contributed by atoms with van der Waals surface area (Å²) >= 11 is 0. The molecule has 0 aliphatic carbocycles. The number of ketones is 1. The molecular formula is C15H23NO3. The molecule has 0 radical (unpaired) electrons. The number of hydrogen-bond donors (Lipinski definition) is 0. The van der Waals surface area contributed by atoms with Crippen LogP contribution in [0.15, 0.2) is 11.1 Å². The number of esters is 1. The van der Waals surface area contributed by atoms with Gasteiger partial charge in [-0.05, 0) is 19.8 Å². The Balaban J connectivity index is 2.14. The van der Waals surface area contributed by atoms with Crippen LogP contribution in [0.5, 0.6) is 0 Å². The third kappa shape index (κ3) is 2.59. The van der Waals surface area contributed by atoms with Gasteiger partial charge in [-0.15, -0.1) is 0 Å². The second-order valence-corrected chi connectivity index (χ2v) is 6.13. The molecule has 19 heavy (non-hydrogen) atoms. The van der Waals surface area contributed by atoms with E-state index in [0.717, 1.165) is 32.5 Å². The Morgan fingerprint density at radius 1 is 1.37 bits per heavy atom. The Morgan fingerprint density at radius 2 is 1.95 bits per heavy atom. The van der Waals surface area contributed by atoms with Crippen molar-refractivity contribution < 1.29 is 14.3 Å². The van der Waals surface area contributed by atoms with Crippen molar-refractivity contribution in [2.45, 2.75) is 46.1 Å². The molecule has 2 heterocycles. The molecule has 0 aromatic carbocycles. The van der Waals surface area contributed by atoms with Gasteiger partial charge in [0.15, 0.2) is 5.78 Å². The fraction of sp³-hybridized carbons (Fsp3) is 0.733. The Labute approximate surface area is 114 Å². The molecule has 1 spiro atoms. The van der Waals surface area contributed by atoms with Crippen molar-refractivity contribution in [3.05, 3.63) is 11.1 Å². The summed E-state index contributed by atoms with van der Waals surface area (Å²) in [5, 5.41) is 0.